The third-order valence-electron chi connectivity index (χ3n) is 2.78. The zero-order valence-electron chi connectivity index (χ0n) is 10.3. The highest BCUT2D eigenvalue weighted by Crippen LogP contribution is 2.12. The van der Waals surface area contributed by atoms with Crippen LogP contribution in [0.5, 0.6) is 0 Å². The first kappa shape index (κ1) is 12.8. The second kappa shape index (κ2) is 7.09. The summed E-state index contributed by atoms with van der Waals surface area (Å²) < 4.78 is 0. The van der Waals surface area contributed by atoms with E-state index in [4.69, 9.17) is 6.42 Å². The van der Waals surface area contributed by atoms with Crippen molar-refractivity contribution in [1.82, 2.24) is 5.32 Å². The highest BCUT2D eigenvalue weighted by atomic mass is 14.9. The number of rotatable bonds is 6. The Bertz CT molecular complexity index is 331. The molecule has 0 amide bonds. The van der Waals surface area contributed by atoms with Crippen LogP contribution < -0.4 is 5.32 Å². The number of hydrogen-bond donors (Lipinski definition) is 1. The van der Waals surface area contributed by atoms with Crippen LogP contribution in [0.4, 0.5) is 0 Å². The molecule has 1 heteroatoms. The van der Waals surface area contributed by atoms with Crippen molar-refractivity contribution < 1.29 is 0 Å². The van der Waals surface area contributed by atoms with Crippen molar-refractivity contribution in [1.29, 1.82) is 0 Å². The molecule has 0 saturated heterocycles. The summed E-state index contributed by atoms with van der Waals surface area (Å²) in [6.45, 7) is 5.35. The number of terminal acetylenes is 1. The predicted molar refractivity (Wildman–Crippen MR) is 70.3 cm³/mol. The van der Waals surface area contributed by atoms with Crippen LogP contribution in [0.25, 0.3) is 0 Å². The summed E-state index contributed by atoms with van der Waals surface area (Å²) in [4.78, 5) is 0. The van der Waals surface area contributed by atoms with E-state index in [0.29, 0.717) is 6.04 Å². The topological polar surface area (TPSA) is 12.0 Å². The van der Waals surface area contributed by atoms with E-state index in [1.54, 1.807) is 0 Å². The van der Waals surface area contributed by atoms with E-state index >= 15 is 0 Å². The van der Waals surface area contributed by atoms with Crippen molar-refractivity contribution in [2.45, 2.75) is 39.2 Å². The fourth-order valence-electron chi connectivity index (χ4n) is 1.64. The molecule has 0 aromatic heterocycles. The second-order valence-electron chi connectivity index (χ2n) is 4.25. The maximum atomic E-state index is 5.21. The van der Waals surface area contributed by atoms with E-state index in [9.17, 15) is 0 Å². The number of aryl methyl sites for hydroxylation is 1. The van der Waals surface area contributed by atoms with Crippen LogP contribution in [0.1, 0.15) is 43.4 Å². The van der Waals surface area contributed by atoms with Crippen molar-refractivity contribution in [3.8, 4) is 12.3 Å². The maximum Gasteiger partial charge on any atom is 0.0291 e. The van der Waals surface area contributed by atoms with Crippen LogP contribution in [-0.4, -0.2) is 6.54 Å². The largest absolute Gasteiger partial charge is 0.310 e. The van der Waals surface area contributed by atoms with E-state index in [1.807, 2.05) is 0 Å². The fraction of sp³-hybridized carbons (Fsp3) is 0.467. The van der Waals surface area contributed by atoms with Crippen LogP contribution in [0, 0.1) is 19.3 Å². The lowest BCUT2D eigenvalue weighted by atomic mass is 10.1. The summed E-state index contributed by atoms with van der Waals surface area (Å²) in [5.74, 6) is 2.67. The highest BCUT2D eigenvalue weighted by Gasteiger charge is 2.02. The van der Waals surface area contributed by atoms with Gasteiger partial charge in [-0.1, -0.05) is 29.8 Å². The minimum absolute atomic E-state index is 0.423. The molecule has 1 nitrogen and oxygen atoms in total. The first-order valence-corrected chi connectivity index (χ1v) is 5.97. The zero-order valence-corrected chi connectivity index (χ0v) is 10.3. The monoisotopic (exact) mass is 215 g/mol. The van der Waals surface area contributed by atoms with Crippen LogP contribution in [0.3, 0.4) is 0 Å². The molecule has 0 aliphatic carbocycles. The molecule has 0 saturated carbocycles. The molecule has 86 valence electrons. The second-order valence-corrected chi connectivity index (χ2v) is 4.25. The highest BCUT2D eigenvalue weighted by molar-refractivity contribution is 5.23. The normalized spacial score (nSPS) is 12.1. The minimum Gasteiger partial charge on any atom is -0.310 e. The lowest BCUT2D eigenvalue weighted by Gasteiger charge is -2.14. The summed E-state index contributed by atoms with van der Waals surface area (Å²) in [6, 6.07) is 9.12. The van der Waals surface area contributed by atoms with E-state index in [1.165, 1.54) is 11.1 Å². The summed E-state index contributed by atoms with van der Waals surface area (Å²) in [7, 11) is 0. The summed E-state index contributed by atoms with van der Waals surface area (Å²) in [5, 5.41) is 3.51. The molecule has 0 fully saturated rings. The van der Waals surface area contributed by atoms with Gasteiger partial charge < -0.3 is 5.32 Å². The Morgan fingerprint density at radius 3 is 2.56 bits per heavy atom. The molecule has 1 unspecified atom stereocenters. The van der Waals surface area contributed by atoms with Gasteiger partial charge in [0.15, 0.2) is 0 Å². The maximum absolute atomic E-state index is 5.21. The van der Waals surface area contributed by atoms with Crippen molar-refractivity contribution >= 4 is 0 Å². The molecule has 1 aromatic carbocycles. The van der Waals surface area contributed by atoms with Crippen molar-refractivity contribution in [2.75, 3.05) is 6.54 Å². The molecule has 0 aliphatic rings. The Kier molecular flexibility index (Phi) is 5.67. The molecular formula is C15H21N. The smallest absolute Gasteiger partial charge is 0.0291 e. The Labute approximate surface area is 99.3 Å². The standard InChI is InChI=1S/C15H21N/c1-4-5-6-7-12-16-14(3)15-10-8-13(2)9-11-15/h1,8-11,14,16H,5-7,12H2,2-3H3. The number of hydrogen-bond acceptors (Lipinski definition) is 1. The van der Waals surface area contributed by atoms with Gasteiger partial charge in [0, 0.05) is 12.5 Å². The lowest BCUT2D eigenvalue weighted by molar-refractivity contribution is 0.549. The van der Waals surface area contributed by atoms with Crippen LogP contribution in [0.2, 0.25) is 0 Å². The van der Waals surface area contributed by atoms with Gasteiger partial charge >= 0.3 is 0 Å². The first-order valence-electron chi connectivity index (χ1n) is 5.97. The molecule has 1 atom stereocenters. The van der Waals surface area contributed by atoms with Crippen LogP contribution >= 0.6 is 0 Å². The number of nitrogens with one attached hydrogen (secondary N) is 1. The van der Waals surface area contributed by atoms with Crippen LogP contribution in [-0.2, 0) is 0 Å². The quantitative estimate of drug-likeness (QED) is 0.566. The van der Waals surface area contributed by atoms with E-state index in [2.05, 4.69) is 49.4 Å². The molecule has 0 aliphatic heterocycles. The Hall–Kier alpha value is -1.26. The fourth-order valence-corrected chi connectivity index (χ4v) is 1.64. The van der Waals surface area contributed by atoms with Gasteiger partial charge in [-0.2, -0.15) is 0 Å². The number of unbranched alkanes of at least 4 members (excludes halogenated alkanes) is 2. The third kappa shape index (κ3) is 4.51. The summed E-state index contributed by atoms with van der Waals surface area (Å²) in [5.41, 5.74) is 2.66. The Morgan fingerprint density at radius 2 is 1.94 bits per heavy atom. The van der Waals surface area contributed by atoms with Gasteiger partial charge in [-0.15, -0.1) is 12.3 Å². The van der Waals surface area contributed by atoms with Crippen molar-refractivity contribution in [3.63, 3.8) is 0 Å². The van der Waals surface area contributed by atoms with Gasteiger partial charge in [-0.25, -0.2) is 0 Å². The minimum atomic E-state index is 0.423. The van der Waals surface area contributed by atoms with Crippen molar-refractivity contribution in [3.05, 3.63) is 35.4 Å². The van der Waals surface area contributed by atoms with Crippen molar-refractivity contribution in [2.24, 2.45) is 0 Å². The third-order valence-corrected chi connectivity index (χ3v) is 2.78. The predicted octanol–water partition coefficient (Wildman–Crippen LogP) is 3.45. The SMILES string of the molecule is C#CCCCCNC(C)c1ccc(C)cc1. The molecule has 0 heterocycles. The molecule has 16 heavy (non-hydrogen) atoms. The molecule has 0 radical (unpaired) electrons. The summed E-state index contributed by atoms with van der Waals surface area (Å²) in [6.07, 6.45) is 8.36. The summed E-state index contributed by atoms with van der Waals surface area (Å²) >= 11 is 0. The molecule has 1 aromatic rings. The van der Waals surface area contributed by atoms with Gasteiger partial charge in [-0.3, -0.25) is 0 Å². The van der Waals surface area contributed by atoms with Gasteiger partial charge in [0.05, 0.1) is 0 Å². The average Bonchev–Trinajstić information content (AvgIpc) is 2.29. The Balaban J connectivity index is 2.27. The van der Waals surface area contributed by atoms with E-state index in [-0.39, 0.29) is 0 Å². The molecule has 0 spiro atoms. The molecule has 1 rings (SSSR count). The first-order chi connectivity index (χ1) is 7.74. The van der Waals surface area contributed by atoms with E-state index in [0.717, 1.165) is 25.8 Å². The van der Waals surface area contributed by atoms with Crippen LogP contribution in [0.15, 0.2) is 24.3 Å². The number of benzene rings is 1. The van der Waals surface area contributed by atoms with Gasteiger partial charge in [0.25, 0.3) is 0 Å². The van der Waals surface area contributed by atoms with E-state index < -0.39 is 0 Å². The van der Waals surface area contributed by atoms with Gasteiger partial charge in [0.1, 0.15) is 0 Å². The zero-order chi connectivity index (χ0) is 11.8. The lowest BCUT2D eigenvalue weighted by Crippen LogP contribution is -2.19. The van der Waals surface area contributed by atoms with Gasteiger partial charge in [-0.05, 0) is 38.8 Å². The Morgan fingerprint density at radius 1 is 1.25 bits per heavy atom. The average molecular weight is 215 g/mol. The molecular weight excluding hydrogens is 194 g/mol. The molecule has 0 bridgehead atoms. The van der Waals surface area contributed by atoms with Gasteiger partial charge in [0.2, 0.25) is 0 Å². The molecule has 1 N–H and O–H groups in total.